The van der Waals surface area contributed by atoms with Gasteiger partial charge in [0.05, 0.1) is 27.8 Å². The van der Waals surface area contributed by atoms with Crippen LogP contribution in [-0.4, -0.2) is 4.57 Å². The van der Waals surface area contributed by atoms with Crippen molar-refractivity contribution in [2.75, 3.05) is 0 Å². The van der Waals surface area contributed by atoms with Gasteiger partial charge in [0.15, 0.2) is 0 Å². The Morgan fingerprint density at radius 1 is 0.440 bits per heavy atom. The fourth-order valence-corrected chi connectivity index (χ4v) is 8.32. The molecule has 1 aliphatic rings. The Balaban J connectivity index is 1.62. The lowest BCUT2D eigenvalue weighted by molar-refractivity contribution is -0.138. The highest BCUT2D eigenvalue weighted by molar-refractivity contribution is 6.11. The number of hydrogen-bond acceptors (Lipinski definition) is 0. The van der Waals surface area contributed by atoms with Crippen LogP contribution in [0.2, 0.25) is 0 Å². The highest BCUT2D eigenvalue weighted by Gasteiger charge is 2.45. The van der Waals surface area contributed by atoms with Crippen molar-refractivity contribution in [2.45, 2.75) is 46.0 Å². The van der Waals surface area contributed by atoms with E-state index in [1.165, 1.54) is 30.3 Å². The van der Waals surface area contributed by atoms with Gasteiger partial charge in [0, 0.05) is 16.7 Å². The van der Waals surface area contributed by atoms with Crippen LogP contribution < -0.4 is 0 Å². The average Bonchev–Trinajstić information content (AvgIpc) is 3.60. The SMILES string of the molecule is Cc1cccc2c1C(c1c(-c3ccccc3C(F)(F)F)ccc(-n3c4c(C)cccc4c4cccc(C)c43)c1C(F)(F)F)c1c(C)cccc1-2. The van der Waals surface area contributed by atoms with Crippen molar-refractivity contribution in [3.05, 3.63) is 159 Å². The molecule has 6 aromatic carbocycles. The smallest absolute Gasteiger partial charge is 0.308 e. The Morgan fingerprint density at radius 2 is 0.900 bits per heavy atom. The largest absolute Gasteiger partial charge is 0.418 e. The molecule has 0 amide bonds. The first-order chi connectivity index (χ1) is 23.8. The summed E-state index contributed by atoms with van der Waals surface area (Å²) in [5.41, 5.74) is 4.59. The zero-order valence-electron chi connectivity index (χ0n) is 27.7. The van der Waals surface area contributed by atoms with Crippen LogP contribution in [0.25, 0.3) is 49.7 Å². The normalized spacial score (nSPS) is 13.3. The quantitative estimate of drug-likeness (QED) is 0.164. The summed E-state index contributed by atoms with van der Waals surface area (Å²) in [7, 11) is 0. The van der Waals surface area contributed by atoms with E-state index < -0.39 is 29.4 Å². The summed E-state index contributed by atoms with van der Waals surface area (Å²) in [4.78, 5) is 0. The van der Waals surface area contributed by atoms with Crippen molar-refractivity contribution < 1.29 is 26.3 Å². The first-order valence-corrected chi connectivity index (χ1v) is 16.4. The minimum atomic E-state index is -4.96. The van der Waals surface area contributed by atoms with E-state index in [0.29, 0.717) is 22.2 Å². The summed E-state index contributed by atoms with van der Waals surface area (Å²) in [5, 5.41) is 1.60. The van der Waals surface area contributed by atoms with Crippen LogP contribution in [0.1, 0.15) is 56.0 Å². The average molecular weight is 676 g/mol. The van der Waals surface area contributed by atoms with Gasteiger partial charge in [-0.3, -0.25) is 0 Å². The van der Waals surface area contributed by atoms with Crippen molar-refractivity contribution in [1.29, 1.82) is 0 Å². The van der Waals surface area contributed by atoms with Crippen LogP contribution >= 0.6 is 0 Å². The molecule has 0 atom stereocenters. The Labute approximate surface area is 285 Å². The molecule has 0 bridgehead atoms. The van der Waals surface area contributed by atoms with E-state index in [1.54, 1.807) is 4.57 Å². The lowest BCUT2D eigenvalue weighted by Gasteiger charge is -2.29. The number of benzene rings is 6. The third-order valence-electron chi connectivity index (χ3n) is 10.3. The molecular weight excluding hydrogens is 644 g/mol. The number of para-hydroxylation sites is 2. The number of nitrogens with zero attached hydrogens (tertiary/aromatic N) is 1. The van der Waals surface area contributed by atoms with Crippen molar-refractivity contribution in [3.63, 3.8) is 0 Å². The van der Waals surface area contributed by atoms with Gasteiger partial charge in [0.2, 0.25) is 0 Å². The van der Waals surface area contributed by atoms with Gasteiger partial charge in [0.25, 0.3) is 0 Å². The molecule has 1 heterocycles. The Kier molecular flexibility index (Phi) is 7.09. The van der Waals surface area contributed by atoms with E-state index in [1.807, 2.05) is 100 Å². The van der Waals surface area contributed by atoms with E-state index in [0.717, 1.165) is 50.2 Å². The summed E-state index contributed by atoms with van der Waals surface area (Å²) in [6.07, 6.45) is -9.76. The molecule has 0 spiro atoms. The molecule has 0 radical (unpaired) electrons. The van der Waals surface area contributed by atoms with Crippen LogP contribution in [0, 0.1) is 27.7 Å². The number of alkyl halides is 6. The Bertz CT molecular complexity index is 2400. The second kappa shape index (κ2) is 11.1. The monoisotopic (exact) mass is 675 g/mol. The molecule has 250 valence electrons. The molecule has 0 saturated carbocycles. The molecule has 0 N–H and O–H groups in total. The highest BCUT2D eigenvalue weighted by atomic mass is 19.4. The molecule has 7 heteroatoms. The summed E-state index contributed by atoms with van der Waals surface area (Å²) < 4.78 is 94.7. The molecule has 0 aliphatic heterocycles. The summed E-state index contributed by atoms with van der Waals surface area (Å²) >= 11 is 0. The van der Waals surface area contributed by atoms with Crippen molar-refractivity contribution in [2.24, 2.45) is 0 Å². The molecule has 50 heavy (non-hydrogen) atoms. The fraction of sp³-hybridized carbons (Fsp3) is 0.163. The first kappa shape index (κ1) is 31.9. The van der Waals surface area contributed by atoms with Gasteiger partial charge in [-0.05, 0) is 101 Å². The molecule has 1 aliphatic carbocycles. The van der Waals surface area contributed by atoms with Crippen LogP contribution in [-0.2, 0) is 12.4 Å². The predicted molar refractivity (Wildman–Crippen MR) is 188 cm³/mol. The van der Waals surface area contributed by atoms with Gasteiger partial charge in [-0.2, -0.15) is 26.3 Å². The van der Waals surface area contributed by atoms with E-state index >= 15 is 13.2 Å². The predicted octanol–water partition coefficient (Wildman–Crippen LogP) is 12.9. The molecule has 0 saturated heterocycles. The van der Waals surface area contributed by atoms with E-state index in [4.69, 9.17) is 0 Å². The van der Waals surface area contributed by atoms with Crippen LogP contribution in [0.5, 0.6) is 0 Å². The number of hydrogen-bond donors (Lipinski definition) is 0. The van der Waals surface area contributed by atoms with Gasteiger partial charge >= 0.3 is 12.4 Å². The van der Waals surface area contributed by atoms with Crippen molar-refractivity contribution >= 4 is 21.8 Å². The van der Waals surface area contributed by atoms with Crippen LogP contribution in [0.15, 0.2) is 109 Å². The molecular formula is C43H31F6N. The molecule has 7 aromatic rings. The molecule has 1 aromatic heterocycles. The van der Waals surface area contributed by atoms with E-state index in [2.05, 4.69) is 0 Å². The molecule has 8 rings (SSSR count). The third kappa shape index (κ3) is 4.63. The van der Waals surface area contributed by atoms with E-state index in [-0.39, 0.29) is 22.4 Å². The zero-order valence-corrected chi connectivity index (χ0v) is 27.7. The summed E-state index contributed by atoms with van der Waals surface area (Å²) in [5.74, 6) is -0.995. The third-order valence-corrected chi connectivity index (χ3v) is 10.3. The van der Waals surface area contributed by atoms with Gasteiger partial charge in [-0.1, -0.05) is 97.1 Å². The number of fused-ring (bicyclic) bond motifs is 6. The maximum atomic E-state index is 16.3. The van der Waals surface area contributed by atoms with Crippen LogP contribution in [0.4, 0.5) is 26.3 Å². The lowest BCUT2D eigenvalue weighted by Crippen LogP contribution is -2.19. The first-order valence-electron chi connectivity index (χ1n) is 16.4. The van der Waals surface area contributed by atoms with Gasteiger partial charge in [-0.15, -0.1) is 0 Å². The lowest BCUT2D eigenvalue weighted by atomic mass is 9.78. The van der Waals surface area contributed by atoms with E-state index in [9.17, 15) is 13.2 Å². The summed E-state index contributed by atoms with van der Waals surface area (Å²) in [6, 6.07) is 30.3. The second-order valence-corrected chi connectivity index (χ2v) is 13.2. The molecule has 0 fully saturated rings. The van der Waals surface area contributed by atoms with Crippen molar-refractivity contribution in [3.8, 4) is 27.9 Å². The summed E-state index contributed by atoms with van der Waals surface area (Å²) in [6.45, 7) is 7.44. The highest BCUT2D eigenvalue weighted by Crippen LogP contribution is 2.57. The fourth-order valence-electron chi connectivity index (χ4n) is 8.32. The number of aromatic nitrogens is 1. The van der Waals surface area contributed by atoms with Crippen LogP contribution in [0.3, 0.4) is 0 Å². The van der Waals surface area contributed by atoms with Gasteiger partial charge < -0.3 is 4.57 Å². The van der Waals surface area contributed by atoms with Gasteiger partial charge in [-0.25, -0.2) is 0 Å². The van der Waals surface area contributed by atoms with Gasteiger partial charge in [0.1, 0.15) is 0 Å². The number of aryl methyl sites for hydroxylation is 4. The van der Waals surface area contributed by atoms with Crippen molar-refractivity contribution in [1.82, 2.24) is 4.57 Å². The minimum absolute atomic E-state index is 0.0986. The molecule has 0 unspecified atom stereocenters. The standard InChI is InChI=1S/C43H31F6N/c1-23-11-7-16-28-29-17-8-12-24(2)36(29)38(35(23)28)37-30(27-15-5-6-20-33(27)42(44,45)46)21-22-34(39(37)43(47,48)49)50-40-25(3)13-9-18-31(40)32-19-10-14-26(4)41(32)50/h5-22,38H,1-4H3. The molecule has 1 nitrogen and oxygen atoms in total. The maximum Gasteiger partial charge on any atom is 0.418 e. The number of rotatable bonds is 3. The number of halogens is 6. The second-order valence-electron chi connectivity index (χ2n) is 13.2. The Hall–Kier alpha value is -5.30. The topological polar surface area (TPSA) is 4.93 Å². The Morgan fingerprint density at radius 3 is 1.42 bits per heavy atom. The minimum Gasteiger partial charge on any atom is -0.308 e. The maximum absolute atomic E-state index is 16.3. The zero-order chi connectivity index (χ0) is 35.3.